The van der Waals surface area contributed by atoms with Gasteiger partial charge in [-0.1, -0.05) is 25.1 Å². The fourth-order valence-corrected chi connectivity index (χ4v) is 6.24. The Labute approximate surface area is 249 Å². The number of carbonyl (C=O) groups excluding carboxylic acids is 1. The van der Waals surface area contributed by atoms with E-state index < -0.39 is 0 Å². The van der Waals surface area contributed by atoms with Crippen molar-refractivity contribution in [3.63, 3.8) is 0 Å². The van der Waals surface area contributed by atoms with Crippen LogP contribution in [0.2, 0.25) is 0 Å². The summed E-state index contributed by atoms with van der Waals surface area (Å²) in [4.78, 5) is 24.3. The highest BCUT2D eigenvalue weighted by Crippen LogP contribution is 2.35. The topological polar surface area (TPSA) is 63.8 Å². The van der Waals surface area contributed by atoms with Gasteiger partial charge in [-0.25, -0.2) is 0 Å². The molecule has 0 aliphatic carbocycles. The van der Waals surface area contributed by atoms with Crippen LogP contribution in [0, 0.1) is 0 Å². The third-order valence-corrected chi connectivity index (χ3v) is 8.60. The van der Waals surface area contributed by atoms with Gasteiger partial charge >= 0.3 is 0 Å². The van der Waals surface area contributed by atoms with Crippen LogP contribution in [-0.4, -0.2) is 79.2 Å². The number of nitrogens with one attached hydrogen (secondary N) is 2. The van der Waals surface area contributed by atoms with E-state index in [1.807, 2.05) is 47.5 Å². The first kappa shape index (κ1) is 28.3. The Morgan fingerprint density at radius 3 is 2.57 bits per heavy atom. The third kappa shape index (κ3) is 6.32. The van der Waals surface area contributed by atoms with E-state index in [1.54, 1.807) is 0 Å². The highest BCUT2D eigenvalue weighted by atomic mass is 16.5. The summed E-state index contributed by atoms with van der Waals surface area (Å²) in [6.45, 7) is 12.5. The molecule has 1 fully saturated rings. The Morgan fingerprint density at radius 2 is 1.74 bits per heavy atom. The van der Waals surface area contributed by atoms with E-state index in [4.69, 9.17) is 4.74 Å². The average molecular weight is 566 g/mol. The molecule has 2 aliphatic heterocycles. The zero-order valence-electron chi connectivity index (χ0n) is 24.9. The maximum absolute atomic E-state index is 14.0. The van der Waals surface area contributed by atoms with Gasteiger partial charge in [-0.05, 0) is 92.2 Å². The van der Waals surface area contributed by atoms with Crippen LogP contribution in [0.3, 0.4) is 0 Å². The lowest BCUT2D eigenvalue weighted by Gasteiger charge is -2.34. The van der Waals surface area contributed by atoms with Crippen LogP contribution < -0.4 is 15.0 Å². The molecule has 1 atom stereocenters. The summed E-state index contributed by atoms with van der Waals surface area (Å²) >= 11 is 0. The molecule has 0 spiro atoms. The van der Waals surface area contributed by atoms with Gasteiger partial charge in [-0.2, -0.15) is 0 Å². The molecule has 0 radical (unpaired) electrons. The minimum Gasteiger partial charge on any atom is -0.493 e. The van der Waals surface area contributed by atoms with Gasteiger partial charge in [0.05, 0.1) is 18.0 Å². The molecule has 6 rings (SSSR count). The van der Waals surface area contributed by atoms with Crippen LogP contribution in [-0.2, 0) is 0 Å². The number of ether oxygens (including phenoxy) is 1. The number of hydrogen-bond donors (Lipinski definition) is 2. The van der Waals surface area contributed by atoms with E-state index in [0.29, 0.717) is 24.8 Å². The number of carbonyl (C=O) groups is 1. The SMILES string of the molecule is CCCN1CCN(CCCOc2cc(C(=O)N3CC[C@@H](C)Nc4ccccc43)ccc2-c2ccc3[nH]ccc3c2)CC1. The summed E-state index contributed by atoms with van der Waals surface area (Å²) < 4.78 is 6.50. The molecular formula is C35H43N5O2. The highest BCUT2D eigenvalue weighted by molar-refractivity contribution is 6.08. The summed E-state index contributed by atoms with van der Waals surface area (Å²) in [6.07, 6.45) is 5.01. The second-order valence-electron chi connectivity index (χ2n) is 11.7. The number of piperazine rings is 1. The number of rotatable bonds is 9. The van der Waals surface area contributed by atoms with Gasteiger partial charge in [0, 0.05) is 68.2 Å². The predicted octanol–water partition coefficient (Wildman–Crippen LogP) is 6.48. The van der Waals surface area contributed by atoms with E-state index in [-0.39, 0.29) is 5.91 Å². The van der Waals surface area contributed by atoms with E-state index in [0.717, 1.165) is 84.7 Å². The van der Waals surface area contributed by atoms with Gasteiger partial charge in [-0.3, -0.25) is 4.79 Å². The highest BCUT2D eigenvalue weighted by Gasteiger charge is 2.25. The molecule has 1 aromatic heterocycles. The van der Waals surface area contributed by atoms with Crippen LogP contribution in [0.4, 0.5) is 11.4 Å². The molecule has 3 aromatic carbocycles. The monoisotopic (exact) mass is 565 g/mol. The van der Waals surface area contributed by atoms with E-state index in [2.05, 4.69) is 64.3 Å². The predicted molar refractivity (Wildman–Crippen MR) is 173 cm³/mol. The van der Waals surface area contributed by atoms with Gasteiger partial charge in [-0.15, -0.1) is 0 Å². The zero-order valence-corrected chi connectivity index (χ0v) is 24.9. The number of H-pyrrole nitrogens is 1. The summed E-state index contributed by atoms with van der Waals surface area (Å²) in [5.41, 5.74) is 5.77. The van der Waals surface area contributed by atoms with Gasteiger partial charge in [0.25, 0.3) is 5.91 Å². The van der Waals surface area contributed by atoms with Crippen molar-refractivity contribution in [1.29, 1.82) is 0 Å². The van der Waals surface area contributed by atoms with Crippen LogP contribution in [0.5, 0.6) is 5.75 Å². The van der Waals surface area contributed by atoms with E-state index in [1.165, 1.54) is 13.0 Å². The second-order valence-corrected chi connectivity index (χ2v) is 11.7. The second kappa shape index (κ2) is 13.0. The average Bonchev–Trinajstić information content (AvgIpc) is 3.42. The maximum Gasteiger partial charge on any atom is 0.258 e. The fourth-order valence-electron chi connectivity index (χ4n) is 6.24. The van der Waals surface area contributed by atoms with E-state index in [9.17, 15) is 4.79 Å². The smallest absolute Gasteiger partial charge is 0.258 e. The molecule has 42 heavy (non-hydrogen) atoms. The quantitative estimate of drug-likeness (QED) is 0.227. The summed E-state index contributed by atoms with van der Waals surface area (Å²) in [5, 5.41) is 4.71. The lowest BCUT2D eigenvalue weighted by molar-refractivity contribution is 0.0986. The zero-order chi connectivity index (χ0) is 28.9. The van der Waals surface area contributed by atoms with Crippen LogP contribution >= 0.6 is 0 Å². The Morgan fingerprint density at radius 1 is 0.929 bits per heavy atom. The molecular weight excluding hydrogens is 522 g/mol. The number of fused-ring (bicyclic) bond motifs is 2. The molecule has 2 N–H and O–H groups in total. The molecule has 4 aromatic rings. The Balaban J connectivity index is 1.22. The maximum atomic E-state index is 14.0. The van der Waals surface area contributed by atoms with Crippen LogP contribution in [0.25, 0.3) is 22.0 Å². The van der Waals surface area contributed by atoms with Crippen molar-refractivity contribution in [2.45, 2.75) is 39.2 Å². The van der Waals surface area contributed by atoms with Gasteiger partial charge < -0.3 is 29.7 Å². The fraction of sp³-hybridized carbons (Fsp3) is 0.400. The molecule has 1 saturated heterocycles. The number of aromatic nitrogens is 1. The van der Waals surface area contributed by atoms with E-state index >= 15 is 0 Å². The molecule has 0 unspecified atom stereocenters. The van der Waals surface area contributed by atoms with Gasteiger partial charge in [0.15, 0.2) is 0 Å². The molecule has 0 saturated carbocycles. The van der Waals surface area contributed by atoms with Crippen molar-refractivity contribution in [1.82, 2.24) is 14.8 Å². The first-order chi connectivity index (χ1) is 20.6. The molecule has 220 valence electrons. The Kier molecular flexibility index (Phi) is 8.77. The van der Waals surface area contributed by atoms with Gasteiger partial charge in [0.2, 0.25) is 0 Å². The summed E-state index contributed by atoms with van der Waals surface area (Å²) in [5.74, 6) is 0.763. The molecule has 0 bridgehead atoms. The van der Waals surface area contributed by atoms with Crippen LogP contribution in [0.15, 0.2) is 72.9 Å². The van der Waals surface area contributed by atoms with Crippen molar-refractivity contribution in [3.8, 4) is 16.9 Å². The van der Waals surface area contributed by atoms with Crippen molar-refractivity contribution < 1.29 is 9.53 Å². The summed E-state index contributed by atoms with van der Waals surface area (Å²) in [6, 6.07) is 22.8. The largest absolute Gasteiger partial charge is 0.493 e. The number of benzene rings is 3. The lowest BCUT2D eigenvalue weighted by atomic mass is 10.0. The summed E-state index contributed by atoms with van der Waals surface area (Å²) in [7, 11) is 0. The van der Waals surface area contributed by atoms with Gasteiger partial charge in [0.1, 0.15) is 5.75 Å². The third-order valence-electron chi connectivity index (χ3n) is 8.60. The molecule has 1 amide bonds. The number of anilines is 2. The first-order valence-corrected chi connectivity index (χ1v) is 15.6. The Bertz CT molecular complexity index is 1510. The molecule has 7 nitrogen and oxygen atoms in total. The van der Waals surface area contributed by atoms with Crippen molar-refractivity contribution in [2.24, 2.45) is 0 Å². The molecule has 7 heteroatoms. The number of aromatic amines is 1. The standard InChI is InChI=1S/C35H43N5O2/c1-3-16-38-19-21-39(22-20-38)17-6-23-42-34-25-29(9-11-30(34)27-10-12-31-28(24-27)13-15-36-31)35(41)40-18-14-26(2)37-32-7-4-5-8-33(32)40/h4-5,7-13,15,24-26,36-37H,3,6,14,16-23H2,1-2H3/t26-/m1/s1. The Hall–Kier alpha value is -3.81. The number of hydrogen-bond acceptors (Lipinski definition) is 5. The van der Waals surface area contributed by atoms with Crippen molar-refractivity contribution in [3.05, 3.63) is 78.5 Å². The molecule has 2 aliphatic rings. The molecule has 3 heterocycles. The lowest BCUT2D eigenvalue weighted by Crippen LogP contribution is -2.46. The number of amides is 1. The first-order valence-electron chi connectivity index (χ1n) is 15.6. The minimum atomic E-state index is 0.000729. The number of para-hydroxylation sites is 2. The van der Waals surface area contributed by atoms with Crippen molar-refractivity contribution in [2.75, 3.05) is 62.6 Å². The minimum absolute atomic E-state index is 0.000729. The van der Waals surface area contributed by atoms with Crippen molar-refractivity contribution >= 4 is 28.2 Å². The number of nitrogens with zero attached hydrogens (tertiary/aromatic N) is 3. The van der Waals surface area contributed by atoms with Crippen LogP contribution in [0.1, 0.15) is 43.5 Å². The normalized spacial score (nSPS) is 18.0.